The molecule has 0 aliphatic rings. The van der Waals surface area contributed by atoms with Crippen LogP contribution in [0.2, 0.25) is 0 Å². The van der Waals surface area contributed by atoms with Gasteiger partial charge in [0.05, 0.1) is 11.8 Å². The lowest BCUT2D eigenvalue weighted by atomic mass is 10.1. The molecule has 2 atom stereocenters. The third-order valence-corrected chi connectivity index (χ3v) is 2.72. The molecule has 0 aliphatic heterocycles. The fourth-order valence-corrected chi connectivity index (χ4v) is 1.32. The summed E-state index contributed by atoms with van der Waals surface area (Å²) in [5, 5.41) is 15.6. The second-order valence-corrected chi connectivity index (χ2v) is 4.32. The minimum atomic E-state index is -0.416. The Kier molecular flexibility index (Phi) is 5.15. The maximum absolute atomic E-state index is 11.6. The lowest BCUT2D eigenvalue weighted by Gasteiger charge is -2.04. The molecular formula is C12H20N2O3. The van der Waals surface area contributed by atoms with Crippen LogP contribution >= 0.6 is 0 Å². The van der Waals surface area contributed by atoms with Gasteiger partial charge in [-0.25, -0.2) is 0 Å². The summed E-state index contributed by atoms with van der Waals surface area (Å²) in [6, 6.07) is 1.67. The number of nitrogens with zero attached hydrogens (tertiary/aromatic N) is 1. The number of carbonyl (C=O) groups excluding carboxylic acids is 1. The zero-order chi connectivity index (χ0) is 12.8. The van der Waals surface area contributed by atoms with E-state index in [-0.39, 0.29) is 17.6 Å². The summed E-state index contributed by atoms with van der Waals surface area (Å²) in [5.41, 5.74) is 0.799. The molecule has 0 saturated carbocycles. The van der Waals surface area contributed by atoms with Crippen molar-refractivity contribution in [2.75, 3.05) is 6.54 Å². The first kappa shape index (κ1) is 13.7. The van der Waals surface area contributed by atoms with Gasteiger partial charge in [-0.2, -0.15) is 0 Å². The van der Waals surface area contributed by atoms with Crippen molar-refractivity contribution >= 4 is 5.91 Å². The Morgan fingerprint density at radius 1 is 1.59 bits per heavy atom. The van der Waals surface area contributed by atoms with Crippen molar-refractivity contribution in [1.82, 2.24) is 10.5 Å². The molecule has 17 heavy (non-hydrogen) atoms. The van der Waals surface area contributed by atoms with Crippen LogP contribution in [0.15, 0.2) is 10.6 Å². The molecule has 1 aromatic heterocycles. The van der Waals surface area contributed by atoms with Crippen molar-refractivity contribution in [3.63, 3.8) is 0 Å². The second-order valence-electron chi connectivity index (χ2n) is 4.32. The topological polar surface area (TPSA) is 75.4 Å². The third-order valence-electron chi connectivity index (χ3n) is 2.72. The van der Waals surface area contributed by atoms with E-state index >= 15 is 0 Å². The molecule has 1 rings (SSSR count). The highest BCUT2D eigenvalue weighted by Gasteiger charge is 2.15. The minimum Gasteiger partial charge on any atom is -0.393 e. The smallest absolute Gasteiger partial charge is 0.289 e. The average molecular weight is 240 g/mol. The molecule has 0 radical (unpaired) electrons. The summed E-state index contributed by atoms with van der Waals surface area (Å²) in [4.78, 5) is 11.6. The quantitative estimate of drug-likeness (QED) is 0.793. The molecule has 96 valence electrons. The van der Waals surface area contributed by atoms with Gasteiger partial charge in [-0.1, -0.05) is 19.0 Å². The second kappa shape index (κ2) is 6.39. The van der Waals surface area contributed by atoms with Crippen molar-refractivity contribution in [2.24, 2.45) is 0 Å². The minimum absolute atomic E-state index is 0.228. The molecule has 5 heteroatoms. The van der Waals surface area contributed by atoms with Crippen LogP contribution < -0.4 is 5.32 Å². The standard InChI is InChI=1S/C12H20N2O3/c1-4-8(2)10-7-11(17-14-10)12(16)13-6-5-9(3)15/h7-9,15H,4-6H2,1-3H3,(H,13,16). The fourth-order valence-electron chi connectivity index (χ4n) is 1.32. The van der Waals surface area contributed by atoms with E-state index in [2.05, 4.69) is 17.4 Å². The number of hydrogen-bond acceptors (Lipinski definition) is 4. The highest BCUT2D eigenvalue weighted by Crippen LogP contribution is 2.17. The monoisotopic (exact) mass is 240 g/mol. The van der Waals surface area contributed by atoms with E-state index in [9.17, 15) is 4.79 Å². The van der Waals surface area contributed by atoms with Gasteiger partial charge in [-0.3, -0.25) is 4.79 Å². The average Bonchev–Trinajstić information content (AvgIpc) is 2.76. The number of nitrogens with one attached hydrogen (secondary N) is 1. The molecule has 2 N–H and O–H groups in total. The zero-order valence-electron chi connectivity index (χ0n) is 10.6. The molecule has 0 spiro atoms. The summed E-state index contributed by atoms with van der Waals surface area (Å²) in [7, 11) is 0. The Morgan fingerprint density at radius 2 is 2.29 bits per heavy atom. The van der Waals surface area contributed by atoms with Crippen molar-refractivity contribution in [3.05, 3.63) is 17.5 Å². The van der Waals surface area contributed by atoms with E-state index in [1.54, 1.807) is 13.0 Å². The highest BCUT2D eigenvalue weighted by molar-refractivity contribution is 5.91. The van der Waals surface area contributed by atoms with Gasteiger partial charge in [0.15, 0.2) is 0 Å². The van der Waals surface area contributed by atoms with Crippen LogP contribution in [0, 0.1) is 0 Å². The number of aromatic nitrogens is 1. The molecule has 0 aliphatic carbocycles. The fraction of sp³-hybridized carbons (Fsp3) is 0.667. The number of aliphatic hydroxyl groups excluding tert-OH is 1. The lowest BCUT2D eigenvalue weighted by Crippen LogP contribution is -2.26. The molecule has 1 heterocycles. The first-order valence-electron chi connectivity index (χ1n) is 5.97. The molecule has 1 amide bonds. The lowest BCUT2D eigenvalue weighted by molar-refractivity contribution is 0.0908. The van der Waals surface area contributed by atoms with Crippen LogP contribution in [0.3, 0.4) is 0 Å². The van der Waals surface area contributed by atoms with Gasteiger partial charge in [-0.15, -0.1) is 0 Å². The molecule has 0 aromatic carbocycles. The van der Waals surface area contributed by atoms with Crippen LogP contribution in [-0.4, -0.2) is 28.8 Å². The summed E-state index contributed by atoms with van der Waals surface area (Å²) in [5.74, 6) is 0.233. The Labute approximate surface area is 101 Å². The maximum atomic E-state index is 11.6. The SMILES string of the molecule is CCC(C)c1cc(C(=O)NCCC(C)O)on1. The predicted octanol–water partition coefficient (Wildman–Crippen LogP) is 1.69. The molecule has 0 saturated heterocycles. The molecular weight excluding hydrogens is 220 g/mol. The van der Waals surface area contributed by atoms with E-state index in [4.69, 9.17) is 9.63 Å². The molecule has 2 unspecified atom stereocenters. The summed E-state index contributed by atoms with van der Waals surface area (Å²) < 4.78 is 4.98. The third kappa shape index (κ3) is 4.19. The number of aliphatic hydroxyl groups is 1. The first-order chi connectivity index (χ1) is 8.04. The van der Waals surface area contributed by atoms with Crippen molar-refractivity contribution in [1.29, 1.82) is 0 Å². The summed E-state index contributed by atoms with van der Waals surface area (Å²) in [6.45, 7) is 6.20. The van der Waals surface area contributed by atoms with E-state index in [0.29, 0.717) is 13.0 Å². The van der Waals surface area contributed by atoms with Crippen molar-refractivity contribution in [3.8, 4) is 0 Å². The highest BCUT2D eigenvalue weighted by atomic mass is 16.5. The van der Waals surface area contributed by atoms with Crippen molar-refractivity contribution in [2.45, 2.75) is 45.6 Å². The van der Waals surface area contributed by atoms with E-state index in [1.807, 2.05) is 6.92 Å². The number of rotatable bonds is 6. The predicted molar refractivity (Wildman–Crippen MR) is 63.8 cm³/mol. The van der Waals surface area contributed by atoms with Crippen LogP contribution in [0.5, 0.6) is 0 Å². The van der Waals surface area contributed by atoms with E-state index < -0.39 is 6.10 Å². The largest absolute Gasteiger partial charge is 0.393 e. The van der Waals surface area contributed by atoms with Crippen LogP contribution in [0.1, 0.15) is 55.8 Å². The van der Waals surface area contributed by atoms with Gasteiger partial charge in [0, 0.05) is 18.5 Å². The van der Waals surface area contributed by atoms with Gasteiger partial charge in [0.1, 0.15) is 0 Å². The Hall–Kier alpha value is -1.36. The number of amides is 1. The Morgan fingerprint density at radius 3 is 2.88 bits per heavy atom. The van der Waals surface area contributed by atoms with Crippen LogP contribution in [0.4, 0.5) is 0 Å². The number of hydrogen-bond donors (Lipinski definition) is 2. The van der Waals surface area contributed by atoms with Gasteiger partial charge in [0.2, 0.25) is 5.76 Å². The van der Waals surface area contributed by atoms with Gasteiger partial charge < -0.3 is 14.9 Å². The summed E-state index contributed by atoms with van der Waals surface area (Å²) in [6.07, 6.45) is 1.06. The van der Waals surface area contributed by atoms with E-state index in [0.717, 1.165) is 12.1 Å². The van der Waals surface area contributed by atoms with Gasteiger partial charge >= 0.3 is 0 Å². The Balaban J connectivity index is 2.49. The number of carbonyl (C=O) groups is 1. The maximum Gasteiger partial charge on any atom is 0.289 e. The van der Waals surface area contributed by atoms with Crippen molar-refractivity contribution < 1.29 is 14.4 Å². The van der Waals surface area contributed by atoms with Gasteiger partial charge in [0.25, 0.3) is 5.91 Å². The molecule has 0 fully saturated rings. The van der Waals surface area contributed by atoms with E-state index in [1.165, 1.54) is 0 Å². The van der Waals surface area contributed by atoms with Gasteiger partial charge in [-0.05, 0) is 19.8 Å². The first-order valence-corrected chi connectivity index (χ1v) is 5.97. The summed E-state index contributed by atoms with van der Waals surface area (Å²) >= 11 is 0. The normalized spacial score (nSPS) is 14.4. The zero-order valence-corrected chi connectivity index (χ0v) is 10.6. The van der Waals surface area contributed by atoms with Crippen LogP contribution in [-0.2, 0) is 0 Å². The van der Waals surface area contributed by atoms with Crippen LogP contribution in [0.25, 0.3) is 0 Å². The Bertz CT molecular complexity index is 360. The molecule has 0 bridgehead atoms. The molecule has 5 nitrogen and oxygen atoms in total. The molecule has 1 aromatic rings.